The summed E-state index contributed by atoms with van der Waals surface area (Å²) in [5, 5.41) is 0. The van der Waals surface area contributed by atoms with E-state index in [0.717, 1.165) is 14.0 Å². The predicted octanol–water partition coefficient (Wildman–Crippen LogP) is 2.68. The van der Waals surface area contributed by atoms with E-state index in [1.165, 1.54) is 24.3 Å². The van der Waals surface area contributed by atoms with Gasteiger partial charge < -0.3 is 4.74 Å². The number of halogens is 3. The van der Waals surface area contributed by atoms with E-state index in [0.29, 0.717) is 0 Å². The highest BCUT2D eigenvalue weighted by Gasteiger charge is 2.58. The van der Waals surface area contributed by atoms with Crippen molar-refractivity contribution in [2.75, 3.05) is 7.11 Å². The van der Waals surface area contributed by atoms with Crippen molar-refractivity contribution in [3.8, 4) is 0 Å². The van der Waals surface area contributed by atoms with Gasteiger partial charge in [0.05, 0.1) is 7.11 Å². The van der Waals surface area contributed by atoms with E-state index in [4.69, 9.17) is 0 Å². The molecule has 88 valence electrons. The lowest BCUT2D eigenvalue weighted by atomic mass is 9.82. The summed E-state index contributed by atoms with van der Waals surface area (Å²) in [6, 6.07) is 6.98. The summed E-state index contributed by atoms with van der Waals surface area (Å²) >= 11 is 0. The molecule has 0 aliphatic rings. The molecule has 0 fully saturated rings. The summed E-state index contributed by atoms with van der Waals surface area (Å²) in [6.45, 7) is 0.814. The van der Waals surface area contributed by atoms with Crippen LogP contribution in [0.3, 0.4) is 0 Å². The van der Waals surface area contributed by atoms with E-state index < -0.39 is 17.6 Å². The van der Waals surface area contributed by atoms with E-state index in [1.807, 2.05) is 0 Å². The van der Waals surface area contributed by atoms with Crippen molar-refractivity contribution in [3.05, 3.63) is 35.9 Å². The predicted molar refractivity (Wildman–Crippen MR) is 51.9 cm³/mol. The van der Waals surface area contributed by atoms with Crippen LogP contribution >= 0.6 is 0 Å². The molecule has 0 saturated heterocycles. The smallest absolute Gasteiger partial charge is 0.408 e. The maximum Gasteiger partial charge on any atom is 0.408 e. The molecule has 0 radical (unpaired) electrons. The molecule has 0 amide bonds. The summed E-state index contributed by atoms with van der Waals surface area (Å²) in [6.07, 6.45) is -4.69. The van der Waals surface area contributed by atoms with Gasteiger partial charge in [-0.15, -0.1) is 0 Å². The summed E-state index contributed by atoms with van der Waals surface area (Å²) in [5.74, 6) is -1.31. The molecular weight excluding hydrogens is 221 g/mol. The van der Waals surface area contributed by atoms with Crippen LogP contribution in [0.2, 0.25) is 0 Å². The van der Waals surface area contributed by atoms with Crippen LogP contribution in [-0.4, -0.2) is 19.3 Å². The number of carbonyl (C=O) groups is 1. The highest BCUT2D eigenvalue weighted by molar-refractivity contribution is 5.83. The lowest BCUT2D eigenvalue weighted by Crippen LogP contribution is -2.47. The van der Waals surface area contributed by atoms with Crippen molar-refractivity contribution >= 4 is 5.97 Å². The highest BCUT2D eigenvalue weighted by Crippen LogP contribution is 2.41. The van der Waals surface area contributed by atoms with Gasteiger partial charge in [0.25, 0.3) is 0 Å². The number of benzene rings is 1. The van der Waals surface area contributed by atoms with Gasteiger partial charge in [-0.25, -0.2) is 0 Å². The quantitative estimate of drug-likeness (QED) is 0.733. The Hall–Kier alpha value is -1.52. The zero-order valence-corrected chi connectivity index (χ0v) is 8.84. The minimum atomic E-state index is -4.69. The van der Waals surface area contributed by atoms with Crippen LogP contribution in [0.1, 0.15) is 12.5 Å². The van der Waals surface area contributed by atoms with Crippen LogP contribution in [0.5, 0.6) is 0 Å². The molecule has 0 aromatic heterocycles. The van der Waals surface area contributed by atoms with Crippen LogP contribution in [0.25, 0.3) is 0 Å². The Balaban J connectivity index is 3.32. The molecule has 1 rings (SSSR count). The van der Waals surface area contributed by atoms with Gasteiger partial charge in [0.1, 0.15) is 0 Å². The maximum absolute atomic E-state index is 12.9. The summed E-state index contributed by atoms with van der Waals surface area (Å²) in [7, 11) is 0.940. The Morgan fingerprint density at radius 3 is 2.06 bits per heavy atom. The number of hydrogen-bond acceptors (Lipinski definition) is 2. The third-order valence-electron chi connectivity index (χ3n) is 2.51. The van der Waals surface area contributed by atoms with Crippen molar-refractivity contribution < 1.29 is 22.7 Å². The Morgan fingerprint density at radius 1 is 1.19 bits per heavy atom. The molecule has 0 N–H and O–H groups in total. The summed E-state index contributed by atoms with van der Waals surface area (Å²) < 4.78 is 43.0. The van der Waals surface area contributed by atoms with Crippen molar-refractivity contribution in [1.29, 1.82) is 0 Å². The van der Waals surface area contributed by atoms with Gasteiger partial charge in [0.15, 0.2) is 5.41 Å². The Kier molecular flexibility index (Phi) is 3.26. The molecule has 16 heavy (non-hydrogen) atoms. The molecule has 0 heterocycles. The summed E-state index contributed by atoms with van der Waals surface area (Å²) in [4.78, 5) is 11.3. The molecular formula is C11H11F3O2. The second-order valence-electron chi connectivity index (χ2n) is 3.48. The fraction of sp³-hybridized carbons (Fsp3) is 0.364. The van der Waals surface area contributed by atoms with E-state index in [9.17, 15) is 18.0 Å². The number of alkyl halides is 3. The normalized spacial score (nSPS) is 15.3. The van der Waals surface area contributed by atoms with E-state index in [2.05, 4.69) is 4.74 Å². The topological polar surface area (TPSA) is 26.3 Å². The molecule has 0 saturated carbocycles. The van der Waals surface area contributed by atoms with Crippen LogP contribution in [-0.2, 0) is 14.9 Å². The van der Waals surface area contributed by atoms with E-state index in [1.54, 1.807) is 6.07 Å². The van der Waals surface area contributed by atoms with Gasteiger partial charge in [0.2, 0.25) is 0 Å². The van der Waals surface area contributed by atoms with Gasteiger partial charge in [-0.3, -0.25) is 4.79 Å². The molecule has 0 unspecified atom stereocenters. The molecule has 1 atom stereocenters. The molecule has 0 spiro atoms. The third kappa shape index (κ3) is 1.89. The molecule has 1 aromatic carbocycles. The van der Waals surface area contributed by atoms with Crippen molar-refractivity contribution in [1.82, 2.24) is 0 Å². The average Bonchev–Trinajstić information content (AvgIpc) is 2.26. The first-order valence-corrected chi connectivity index (χ1v) is 4.54. The molecule has 0 bridgehead atoms. The lowest BCUT2D eigenvalue weighted by molar-refractivity contribution is -0.203. The zero-order valence-electron chi connectivity index (χ0n) is 8.84. The monoisotopic (exact) mass is 232 g/mol. The Bertz CT molecular complexity index is 373. The minimum Gasteiger partial charge on any atom is -0.468 e. The third-order valence-corrected chi connectivity index (χ3v) is 2.51. The molecule has 1 aromatic rings. The van der Waals surface area contributed by atoms with Crippen molar-refractivity contribution in [3.63, 3.8) is 0 Å². The molecule has 0 aliphatic carbocycles. The first-order chi connectivity index (χ1) is 7.34. The summed E-state index contributed by atoms with van der Waals surface area (Å²) in [5.41, 5.74) is -2.75. The number of methoxy groups -OCH3 is 1. The number of carbonyl (C=O) groups excluding carboxylic acids is 1. The second kappa shape index (κ2) is 4.15. The zero-order chi connectivity index (χ0) is 12.4. The van der Waals surface area contributed by atoms with Gasteiger partial charge in [-0.05, 0) is 12.5 Å². The minimum absolute atomic E-state index is 0.130. The Labute approximate surface area is 91.0 Å². The van der Waals surface area contributed by atoms with E-state index in [-0.39, 0.29) is 5.56 Å². The van der Waals surface area contributed by atoms with Gasteiger partial charge >= 0.3 is 12.1 Å². The van der Waals surface area contributed by atoms with Crippen LogP contribution in [0.4, 0.5) is 13.2 Å². The first-order valence-electron chi connectivity index (χ1n) is 4.54. The number of hydrogen-bond donors (Lipinski definition) is 0. The Morgan fingerprint density at radius 2 is 1.69 bits per heavy atom. The second-order valence-corrected chi connectivity index (χ2v) is 3.48. The van der Waals surface area contributed by atoms with Crippen molar-refractivity contribution in [2.45, 2.75) is 18.5 Å². The van der Waals surface area contributed by atoms with Crippen LogP contribution in [0, 0.1) is 0 Å². The fourth-order valence-corrected chi connectivity index (χ4v) is 1.37. The standard InChI is InChI=1S/C11H11F3O2/c1-10(9(15)16-2,11(12,13)14)8-6-4-3-5-7-8/h3-7H,1-2H3/t10-/m0/s1. The first kappa shape index (κ1) is 12.5. The van der Waals surface area contributed by atoms with Gasteiger partial charge in [-0.2, -0.15) is 13.2 Å². The fourth-order valence-electron chi connectivity index (χ4n) is 1.37. The molecule has 5 heteroatoms. The van der Waals surface area contributed by atoms with E-state index >= 15 is 0 Å². The lowest BCUT2D eigenvalue weighted by Gasteiger charge is -2.29. The largest absolute Gasteiger partial charge is 0.468 e. The van der Waals surface area contributed by atoms with Crippen molar-refractivity contribution in [2.24, 2.45) is 0 Å². The van der Waals surface area contributed by atoms with Gasteiger partial charge in [0, 0.05) is 0 Å². The number of ether oxygens (including phenoxy) is 1. The maximum atomic E-state index is 12.9. The van der Waals surface area contributed by atoms with Gasteiger partial charge in [-0.1, -0.05) is 30.3 Å². The van der Waals surface area contributed by atoms with Crippen LogP contribution in [0.15, 0.2) is 30.3 Å². The van der Waals surface area contributed by atoms with Crippen LogP contribution < -0.4 is 0 Å². The number of rotatable bonds is 2. The molecule has 0 aliphatic heterocycles. The average molecular weight is 232 g/mol. The highest BCUT2D eigenvalue weighted by atomic mass is 19.4. The SMILES string of the molecule is COC(=O)[C@](C)(c1ccccc1)C(F)(F)F. The molecule has 2 nitrogen and oxygen atoms in total. The number of esters is 1.